The van der Waals surface area contributed by atoms with Crippen molar-refractivity contribution in [3.8, 4) is 5.75 Å². The number of hydrogen-bond acceptors (Lipinski definition) is 6. The van der Waals surface area contributed by atoms with Gasteiger partial charge in [0.2, 0.25) is 5.91 Å². The summed E-state index contributed by atoms with van der Waals surface area (Å²) in [4.78, 5) is 36.2. The number of rotatable bonds is 9. The summed E-state index contributed by atoms with van der Waals surface area (Å²) in [7, 11) is 1.30. The molecule has 0 heterocycles. The molecule has 2 aromatic carbocycles. The van der Waals surface area contributed by atoms with Crippen molar-refractivity contribution in [1.29, 1.82) is 0 Å². The molecule has 32 heavy (non-hydrogen) atoms. The monoisotopic (exact) mass is 440 g/mol. The van der Waals surface area contributed by atoms with Gasteiger partial charge in [0, 0.05) is 17.8 Å². The number of esters is 1. The number of nitro groups is 1. The van der Waals surface area contributed by atoms with Crippen molar-refractivity contribution in [2.24, 2.45) is 0 Å². The zero-order valence-electron chi connectivity index (χ0n) is 18.4. The lowest BCUT2D eigenvalue weighted by Gasteiger charge is -2.28. The average Bonchev–Trinajstić information content (AvgIpc) is 3.31. The van der Waals surface area contributed by atoms with Gasteiger partial charge in [-0.25, -0.2) is 4.79 Å². The highest BCUT2D eigenvalue weighted by Gasteiger charge is 2.43. The number of benzene rings is 2. The third-order valence-electron chi connectivity index (χ3n) is 5.92. The Morgan fingerprint density at radius 1 is 1.12 bits per heavy atom. The molecule has 0 aromatic heterocycles. The van der Waals surface area contributed by atoms with E-state index in [9.17, 15) is 19.7 Å². The molecular weight excluding hydrogens is 412 g/mol. The fraction of sp³-hybridized carbons (Fsp3) is 0.417. The van der Waals surface area contributed by atoms with E-state index in [0.29, 0.717) is 30.9 Å². The fourth-order valence-corrected chi connectivity index (χ4v) is 4.11. The van der Waals surface area contributed by atoms with E-state index in [2.05, 4.69) is 5.32 Å². The minimum atomic E-state index is -0.767. The zero-order chi connectivity index (χ0) is 23.1. The molecule has 1 aliphatic carbocycles. The Balaban J connectivity index is 1.86. The molecular formula is C24H28N2O6. The molecule has 0 atom stereocenters. The van der Waals surface area contributed by atoms with Crippen LogP contribution in [0.4, 0.5) is 11.4 Å². The van der Waals surface area contributed by atoms with Gasteiger partial charge in [-0.3, -0.25) is 14.9 Å². The van der Waals surface area contributed by atoms with Crippen LogP contribution in [0.25, 0.3) is 0 Å². The zero-order valence-corrected chi connectivity index (χ0v) is 18.4. The number of amides is 1. The summed E-state index contributed by atoms with van der Waals surface area (Å²) in [5.41, 5.74) is 0.690. The molecule has 8 heteroatoms. The number of ether oxygens (including phenoxy) is 2. The van der Waals surface area contributed by atoms with Crippen LogP contribution in [0.3, 0.4) is 0 Å². The van der Waals surface area contributed by atoms with Crippen LogP contribution in [-0.4, -0.2) is 30.5 Å². The highest BCUT2D eigenvalue weighted by atomic mass is 16.6. The molecule has 0 bridgehead atoms. The number of nitrogens with zero attached hydrogens (tertiary/aromatic N) is 1. The second kappa shape index (κ2) is 10.3. The standard InChI is InChI=1S/C24H28N2O6/c1-3-4-15-32-21-12-9-18(16-20(21)22(27)31-2)25-23(28)24(13-5-6-14-24)17-7-10-19(11-8-17)26(29)30/h7-12,16H,3-6,13-15H2,1-2H3,(H,25,28). The minimum Gasteiger partial charge on any atom is -0.493 e. The topological polar surface area (TPSA) is 108 Å². The first kappa shape index (κ1) is 23.2. The van der Waals surface area contributed by atoms with Gasteiger partial charge in [0.1, 0.15) is 11.3 Å². The van der Waals surface area contributed by atoms with Gasteiger partial charge < -0.3 is 14.8 Å². The first-order valence-electron chi connectivity index (χ1n) is 10.8. The lowest BCUT2D eigenvalue weighted by molar-refractivity contribution is -0.384. The molecule has 1 saturated carbocycles. The molecule has 0 unspecified atom stereocenters. The molecule has 1 aliphatic rings. The largest absolute Gasteiger partial charge is 0.493 e. The van der Waals surface area contributed by atoms with Crippen LogP contribution in [0, 0.1) is 10.1 Å². The maximum absolute atomic E-state index is 13.4. The molecule has 8 nitrogen and oxygen atoms in total. The Kier molecular flexibility index (Phi) is 7.45. The summed E-state index contributed by atoms with van der Waals surface area (Å²) in [6.45, 7) is 2.53. The van der Waals surface area contributed by atoms with Gasteiger partial charge in [0.05, 0.1) is 24.1 Å². The van der Waals surface area contributed by atoms with E-state index >= 15 is 0 Å². The summed E-state index contributed by atoms with van der Waals surface area (Å²) in [6.07, 6.45) is 4.91. The van der Waals surface area contributed by atoms with Gasteiger partial charge in [-0.05, 0) is 43.0 Å². The van der Waals surface area contributed by atoms with E-state index in [1.54, 1.807) is 30.3 Å². The summed E-state index contributed by atoms with van der Waals surface area (Å²) in [6, 6.07) is 11.1. The van der Waals surface area contributed by atoms with E-state index in [4.69, 9.17) is 9.47 Å². The quantitative estimate of drug-likeness (QED) is 0.254. The van der Waals surface area contributed by atoms with Crippen LogP contribution in [0.2, 0.25) is 0 Å². The Labute approximate surface area is 187 Å². The number of carbonyl (C=O) groups is 2. The lowest BCUT2D eigenvalue weighted by Crippen LogP contribution is -2.38. The molecule has 0 radical (unpaired) electrons. The number of anilines is 1. The summed E-state index contributed by atoms with van der Waals surface area (Å²) in [5.74, 6) is -0.327. The molecule has 2 aromatic rings. The van der Waals surface area contributed by atoms with Crippen molar-refractivity contribution < 1.29 is 24.0 Å². The normalized spacial score (nSPS) is 14.6. The molecule has 1 N–H and O–H groups in total. The highest BCUT2D eigenvalue weighted by Crippen LogP contribution is 2.42. The highest BCUT2D eigenvalue weighted by molar-refractivity contribution is 6.01. The smallest absolute Gasteiger partial charge is 0.341 e. The first-order chi connectivity index (χ1) is 15.4. The van der Waals surface area contributed by atoms with Gasteiger partial charge in [-0.2, -0.15) is 0 Å². The maximum Gasteiger partial charge on any atom is 0.341 e. The molecule has 1 fully saturated rings. The van der Waals surface area contributed by atoms with Gasteiger partial charge in [0.15, 0.2) is 0 Å². The predicted molar refractivity (Wildman–Crippen MR) is 120 cm³/mol. The number of unbranched alkanes of at least 4 members (excludes halogenated alkanes) is 1. The Hall–Kier alpha value is -3.42. The van der Waals surface area contributed by atoms with Crippen LogP contribution < -0.4 is 10.1 Å². The number of non-ortho nitro benzene ring substituents is 1. The third kappa shape index (κ3) is 4.90. The maximum atomic E-state index is 13.4. The van der Waals surface area contributed by atoms with Crippen LogP contribution in [-0.2, 0) is 14.9 Å². The summed E-state index contributed by atoms with van der Waals surface area (Å²) < 4.78 is 10.6. The number of nitrogens with one attached hydrogen (secondary N) is 1. The third-order valence-corrected chi connectivity index (χ3v) is 5.92. The lowest BCUT2D eigenvalue weighted by atomic mass is 9.78. The Morgan fingerprint density at radius 2 is 1.81 bits per heavy atom. The van der Waals surface area contributed by atoms with Gasteiger partial charge >= 0.3 is 5.97 Å². The van der Waals surface area contributed by atoms with Gasteiger partial charge in [-0.15, -0.1) is 0 Å². The van der Waals surface area contributed by atoms with Crippen LogP contribution in [0.5, 0.6) is 5.75 Å². The molecule has 1 amide bonds. The Bertz CT molecular complexity index is 980. The van der Waals surface area contributed by atoms with Crippen LogP contribution >= 0.6 is 0 Å². The van der Waals surface area contributed by atoms with Crippen LogP contribution in [0.1, 0.15) is 61.4 Å². The number of methoxy groups -OCH3 is 1. The van der Waals surface area contributed by atoms with E-state index in [1.807, 2.05) is 6.92 Å². The average molecular weight is 440 g/mol. The van der Waals surface area contributed by atoms with Crippen molar-refractivity contribution in [3.63, 3.8) is 0 Å². The van der Waals surface area contributed by atoms with Crippen molar-refractivity contribution in [2.45, 2.75) is 50.9 Å². The number of nitro benzene ring substituents is 1. The fourth-order valence-electron chi connectivity index (χ4n) is 4.11. The minimum absolute atomic E-state index is 0.0105. The van der Waals surface area contributed by atoms with Crippen molar-refractivity contribution in [3.05, 3.63) is 63.7 Å². The Morgan fingerprint density at radius 3 is 2.41 bits per heavy atom. The SMILES string of the molecule is CCCCOc1ccc(NC(=O)C2(c3ccc([N+](=O)[O-])cc3)CCCC2)cc1C(=O)OC. The predicted octanol–water partition coefficient (Wildman–Crippen LogP) is 5.01. The van der Waals surface area contributed by atoms with Crippen molar-refractivity contribution in [2.75, 3.05) is 19.0 Å². The van der Waals surface area contributed by atoms with Gasteiger partial charge in [-0.1, -0.05) is 38.3 Å². The second-order valence-corrected chi connectivity index (χ2v) is 7.95. The molecule has 0 aliphatic heterocycles. The van der Waals surface area contributed by atoms with Crippen LogP contribution in [0.15, 0.2) is 42.5 Å². The second-order valence-electron chi connectivity index (χ2n) is 7.95. The van der Waals surface area contributed by atoms with E-state index < -0.39 is 16.3 Å². The van der Waals surface area contributed by atoms with Crippen molar-refractivity contribution in [1.82, 2.24) is 0 Å². The number of carbonyl (C=O) groups excluding carboxylic acids is 2. The molecule has 170 valence electrons. The van der Waals surface area contributed by atoms with E-state index in [1.165, 1.54) is 19.2 Å². The summed E-state index contributed by atoms with van der Waals surface area (Å²) >= 11 is 0. The first-order valence-corrected chi connectivity index (χ1v) is 10.8. The molecule has 0 spiro atoms. The van der Waals surface area contributed by atoms with E-state index in [-0.39, 0.29) is 17.2 Å². The van der Waals surface area contributed by atoms with Gasteiger partial charge in [0.25, 0.3) is 5.69 Å². The molecule has 3 rings (SSSR count). The van der Waals surface area contributed by atoms with Crippen molar-refractivity contribution >= 4 is 23.3 Å². The molecule has 0 saturated heterocycles. The summed E-state index contributed by atoms with van der Waals surface area (Å²) in [5, 5.41) is 13.9. The number of hydrogen-bond donors (Lipinski definition) is 1. The van der Waals surface area contributed by atoms with E-state index in [0.717, 1.165) is 31.2 Å².